The van der Waals surface area contributed by atoms with Crippen molar-refractivity contribution in [3.05, 3.63) is 89.2 Å². The Bertz CT molecular complexity index is 1030. The van der Waals surface area contributed by atoms with E-state index in [0.717, 1.165) is 16.5 Å². The SMILES string of the molecule is Cc1ccc(/C=C/S(=O)(=O)Nc2ccc(Oc3ccc(F)cc3)nc2)cc1. The first kappa shape index (κ1) is 18.6. The van der Waals surface area contributed by atoms with Crippen molar-refractivity contribution in [2.45, 2.75) is 6.92 Å². The fourth-order valence-electron chi connectivity index (χ4n) is 2.17. The molecule has 0 saturated heterocycles. The minimum absolute atomic E-state index is 0.264. The van der Waals surface area contributed by atoms with Gasteiger partial charge in [0.1, 0.15) is 11.6 Å². The molecular weight excluding hydrogens is 367 g/mol. The minimum atomic E-state index is -3.67. The van der Waals surface area contributed by atoms with E-state index < -0.39 is 10.0 Å². The van der Waals surface area contributed by atoms with Gasteiger partial charge in [0.05, 0.1) is 17.3 Å². The molecule has 0 fully saturated rings. The number of aromatic nitrogens is 1. The van der Waals surface area contributed by atoms with Crippen LogP contribution in [0, 0.1) is 12.7 Å². The molecular formula is C20H17FN2O3S. The van der Waals surface area contributed by atoms with Crippen LogP contribution in [0.3, 0.4) is 0 Å². The first-order valence-corrected chi connectivity index (χ1v) is 9.61. The zero-order chi connectivity index (χ0) is 19.3. The number of nitrogens with one attached hydrogen (secondary N) is 1. The Morgan fingerprint density at radius 2 is 1.70 bits per heavy atom. The largest absolute Gasteiger partial charge is 0.439 e. The van der Waals surface area contributed by atoms with Gasteiger partial charge in [-0.25, -0.2) is 17.8 Å². The van der Waals surface area contributed by atoms with Crippen LogP contribution in [0.5, 0.6) is 11.6 Å². The predicted molar refractivity (Wildman–Crippen MR) is 103 cm³/mol. The summed E-state index contributed by atoms with van der Waals surface area (Å²) in [5.41, 5.74) is 2.18. The van der Waals surface area contributed by atoms with Gasteiger partial charge in [-0.2, -0.15) is 0 Å². The van der Waals surface area contributed by atoms with E-state index in [4.69, 9.17) is 4.74 Å². The Hall–Kier alpha value is -3.19. The van der Waals surface area contributed by atoms with Gasteiger partial charge in [0.15, 0.2) is 0 Å². The standard InChI is InChI=1S/C20H17FN2O3S/c1-15-2-4-16(5-3-15)12-13-27(24,25)23-18-8-11-20(22-14-18)26-19-9-6-17(21)7-10-19/h2-14,23H,1H3/b13-12+. The average molecular weight is 384 g/mol. The third-order valence-corrected chi connectivity index (χ3v) is 4.56. The molecule has 0 aliphatic heterocycles. The van der Waals surface area contributed by atoms with E-state index in [1.165, 1.54) is 48.7 Å². The van der Waals surface area contributed by atoms with E-state index in [1.807, 2.05) is 31.2 Å². The maximum Gasteiger partial charge on any atom is 0.255 e. The van der Waals surface area contributed by atoms with Crippen LogP contribution in [0.1, 0.15) is 11.1 Å². The van der Waals surface area contributed by atoms with Gasteiger partial charge in [-0.3, -0.25) is 4.72 Å². The maximum absolute atomic E-state index is 12.9. The second kappa shape index (κ2) is 8.01. The van der Waals surface area contributed by atoms with Crippen molar-refractivity contribution in [1.82, 2.24) is 4.98 Å². The van der Waals surface area contributed by atoms with Crippen molar-refractivity contribution in [3.8, 4) is 11.6 Å². The molecule has 5 nitrogen and oxygen atoms in total. The van der Waals surface area contributed by atoms with Gasteiger partial charge >= 0.3 is 0 Å². The molecule has 0 spiro atoms. The molecule has 0 saturated carbocycles. The van der Waals surface area contributed by atoms with Crippen LogP contribution >= 0.6 is 0 Å². The molecule has 1 heterocycles. The normalized spacial score (nSPS) is 11.5. The van der Waals surface area contributed by atoms with E-state index in [0.29, 0.717) is 11.4 Å². The molecule has 0 atom stereocenters. The molecule has 1 aromatic heterocycles. The Morgan fingerprint density at radius 3 is 2.33 bits per heavy atom. The molecule has 0 amide bonds. The highest BCUT2D eigenvalue weighted by Crippen LogP contribution is 2.21. The highest BCUT2D eigenvalue weighted by atomic mass is 32.2. The lowest BCUT2D eigenvalue weighted by Gasteiger charge is -2.07. The number of aryl methyl sites for hydroxylation is 1. The van der Waals surface area contributed by atoms with Crippen LogP contribution in [0.2, 0.25) is 0 Å². The number of nitrogens with zero attached hydrogens (tertiary/aromatic N) is 1. The van der Waals surface area contributed by atoms with Crippen LogP contribution in [0.15, 0.2) is 72.3 Å². The first-order chi connectivity index (χ1) is 12.9. The number of pyridine rings is 1. The molecule has 0 radical (unpaired) electrons. The number of sulfonamides is 1. The molecule has 1 N–H and O–H groups in total. The third kappa shape index (κ3) is 5.65. The van der Waals surface area contributed by atoms with E-state index in [9.17, 15) is 12.8 Å². The summed E-state index contributed by atoms with van der Waals surface area (Å²) in [5.74, 6) is 0.330. The van der Waals surface area contributed by atoms with Crippen molar-refractivity contribution < 1.29 is 17.5 Å². The summed E-state index contributed by atoms with van der Waals surface area (Å²) in [6, 6.07) is 16.0. The fraction of sp³-hybridized carbons (Fsp3) is 0.0500. The summed E-state index contributed by atoms with van der Waals surface area (Å²) in [4.78, 5) is 4.04. The number of rotatable bonds is 6. The predicted octanol–water partition coefficient (Wildman–Crippen LogP) is 4.73. The third-order valence-electron chi connectivity index (χ3n) is 3.55. The van der Waals surface area contributed by atoms with Gasteiger partial charge in [0, 0.05) is 6.07 Å². The summed E-state index contributed by atoms with van der Waals surface area (Å²) in [6.07, 6.45) is 2.86. The van der Waals surface area contributed by atoms with Crippen molar-refractivity contribution in [2.24, 2.45) is 0 Å². The lowest BCUT2D eigenvalue weighted by atomic mass is 10.2. The molecule has 7 heteroatoms. The summed E-state index contributed by atoms with van der Waals surface area (Å²) in [6.45, 7) is 1.96. The lowest BCUT2D eigenvalue weighted by Crippen LogP contribution is -2.09. The average Bonchev–Trinajstić information content (AvgIpc) is 2.65. The van der Waals surface area contributed by atoms with Gasteiger partial charge in [0.25, 0.3) is 10.0 Å². The zero-order valence-electron chi connectivity index (χ0n) is 14.5. The van der Waals surface area contributed by atoms with E-state index in [2.05, 4.69) is 9.71 Å². The molecule has 0 aliphatic carbocycles. The smallest absolute Gasteiger partial charge is 0.255 e. The minimum Gasteiger partial charge on any atom is -0.439 e. The van der Waals surface area contributed by atoms with Crippen LogP contribution in [-0.2, 0) is 10.0 Å². The second-order valence-corrected chi connectivity index (χ2v) is 7.37. The topological polar surface area (TPSA) is 68.3 Å². The number of ether oxygens (including phenoxy) is 1. The van der Waals surface area contributed by atoms with Crippen molar-refractivity contribution in [2.75, 3.05) is 4.72 Å². The quantitative estimate of drug-likeness (QED) is 0.667. The number of benzene rings is 2. The molecule has 138 valence electrons. The van der Waals surface area contributed by atoms with E-state index in [-0.39, 0.29) is 11.7 Å². The van der Waals surface area contributed by atoms with Crippen molar-refractivity contribution in [1.29, 1.82) is 0 Å². The molecule has 0 aliphatic rings. The Labute approximate surface area is 157 Å². The number of hydrogen-bond donors (Lipinski definition) is 1. The number of hydrogen-bond acceptors (Lipinski definition) is 4. The molecule has 2 aromatic carbocycles. The fourth-order valence-corrected chi connectivity index (χ4v) is 3.02. The monoisotopic (exact) mass is 384 g/mol. The van der Waals surface area contributed by atoms with Crippen LogP contribution in [0.25, 0.3) is 6.08 Å². The van der Waals surface area contributed by atoms with E-state index >= 15 is 0 Å². The lowest BCUT2D eigenvalue weighted by molar-refractivity contribution is 0.461. The van der Waals surface area contributed by atoms with Crippen LogP contribution in [0.4, 0.5) is 10.1 Å². The number of anilines is 1. The second-order valence-electron chi connectivity index (χ2n) is 5.80. The number of halogens is 1. The highest BCUT2D eigenvalue weighted by molar-refractivity contribution is 7.95. The van der Waals surface area contributed by atoms with Crippen LogP contribution in [-0.4, -0.2) is 13.4 Å². The molecule has 27 heavy (non-hydrogen) atoms. The Morgan fingerprint density at radius 1 is 1.00 bits per heavy atom. The van der Waals surface area contributed by atoms with E-state index in [1.54, 1.807) is 0 Å². The molecule has 0 unspecified atom stereocenters. The van der Waals surface area contributed by atoms with Crippen LogP contribution < -0.4 is 9.46 Å². The first-order valence-electron chi connectivity index (χ1n) is 8.07. The Balaban J connectivity index is 1.64. The summed E-state index contributed by atoms with van der Waals surface area (Å²) >= 11 is 0. The Kier molecular flexibility index (Phi) is 5.52. The highest BCUT2D eigenvalue weighted by Gasteiger charge is 2.07. The van der Waals surface area contributed by atoms with Crippen molar-refractivity contribution >= 4 is 21.8 Å². The van der Waals surface area contributed by atoms with Gasteiger partial charge in [-0.1, -0.05) is 29.8 Å². The van der Waals surface area contributed by atoms with Crippen molar-refractivity contribution in [3.63, 3.8) is 0 Å². The zero-order valence-corrected chi connectivity index (χ0v) is 15.3. The van der Waals surface area contributed by atoms with Gasteiger partial charge in [-0.05, 0) is 48.9 Å². The van der Waals surface area contributed by atoms with Gasteiger partial charge in [0.2, 0.25) is 5.88 Å². The molecule has 3 aromatic rings. The van der Waals surface area contributed by atoms with Gasteiger partial charge in [-0.15, -0.1) is 0 Å². The maximum atomic E-state index is 12.9. The summed E-state index contributed by atoms with van der Waals surface area (Å²) in [5, 5.41) is 1.10. The summed E-state index contributed by atoms with van der Waals surface area (Å²) in [7, 11) is -3.67. The molecule has 0 bridgehead atoms. The summed E-state index contributed by atoms with van der Waals surface area (Å²) < 4.78 is 45.1. The molecule has 3 rings (SSSR count). The van der Waals surface area contributed by atoms with Gasteiger partial charge < -0.3 is 4.74 Å².